The van der Waals surface area contributed by atoms with E-state index in [0.717, 1.165) is 18.7 Å². The van der Waals surface area contributed by atoms with E-state index in [1.807, 2.05) is 31.2 Å². The largest absolute Gasteiger partial charge is 0.447 e. The first-order valence-electron chi connectivity index (χ1n) is 8.13. The maximum atomic E-state index is 11.6. The summed E-state index contributed by atoms with van der Waals surface area (Å²) in [5.74, 6) is -0.452. The minimum absolute atomic E-state index is 0.222. The molecule has 6 heteroatoms. The van der Waals surface area contributed by atoms with Crippen molar-refractivity contribution in [2.45, 2.75) is 32.1 Å². The van der Waals surface area contributed by atoms with Crippen molar-refractivity contribution in [3.8, 4) is 0 Å². The summed E-state index contributed by atoms with van der Waals surface area (Å²) < 4.78 is 16.2. The van der Waals surface area contributed by atoms with Crippen LogP contribution in [0.25, 0.3) is 0 Å². The second-order valence-electron chi connectivity index (χ2n) is 6.11. The number of benzene rings is 1. The van der Waals surface area contributed by atoms with E-state index < -0.39 is 5.79 Å². The van der Waals surface area contributed by atoms with Gasteiger partial charge >= 0.3 is 6.09 Å². The molecule has 6 nitrogen and oxygen atoms in total. The van der Waals surface area contributed by atoms with Gasteiger partial charge in [-0.25, -0.2) is 4.79 Å². The molecule has 1 N–H and O–H groups in total. The minimum Gasteiger partial charge on any atom is -0.447 e. The monoisotopic (exact) mass is 320 g/mol. The molecule has 0 aromatic heterocycles. The van der Waals surface area contributed by atoms with Gasteiger partial charge < -0.3 is 19.5 Å². The third-order valence-electron chi connectivity index (χ3n) is 4.39. The molecule has 1 atom stereocenters. The van der Waals surface area contributed by atoms with E-state index in [-0.39, 0.29) is 12.1 Å². The van der Waals surface area contributed by atoms with E-state index in [4.69, 9.17) is 14.2 Å². The van der Waals surface area contributed by atoms with Crippen LogP contribution < -0.4 is 10.2 Å². The van der Waals surface area contributed by atoms with Gasteiger partial charge in [-0.1, -0.05) is 12.1 Å². The Bertz CT molecular complexity index is 540. The molecular weight excluding hydrogens is 296 g/mol. The Morgan fingerprint density at radius 2 is 1.91 bits per heavy atom. The fourth-order valence-electron chi connectivity index (χ4n) is 2.91. The predicted molar refractivity (Wildman–Crippen MR) is 86.5 cm³/mol. The van der Waals surface area contributed by atoms with Crippen molar-refractivity contribution in [1.29, 1.82) is 0 Å². The normalized spacial score (nSPS) is 21.5. The number of hydrogen-bond acceptors (Lipinski definition) is 5. The molecule has 1 amide bonds. The Balaban J connectivity index is 1.51. The zero-order valence-corrected chi connectivity index (χ0v) is 13.7. The molecule has 1 aromatic rings. The van der Waals surface area contributed by atoms with Crippen molar-refractivity contribution < 1.29 is 19.0 Å². The van der Waals surface area contributed by atoms with Crippen molar-refractivity contribution in [2.24, 2.45) is 0 Å². The van der Waals surface area contributed by atoms with Crippen molar-refractivity contribution >= 4 is 11.8 Å². The summed E-state index contributed by atoms with van der Waals surface area (Å²) in [5, 5.41) is 3.48. The van der Waals surface area contributed by atoms with E-state index in [9.17, 15) is 4.79 Å². The third kappa shape index (κ3) is 3.83. The Labute approximate surface area is 136 Å². The van der Waals surface area contributed by atoms with Crippen LogP contribution in [0.5, 0.6) is 0 Å². The number of nitrogens with zero attached hydrogens (tertiary/aromatic N) is 1. The first-order valence-corrected chi connectivity index (χ1v) is 8.13. The fraction of sp³-hybridized carbons (Fsp3) is 0.588. The molecule has 2 fully saturated rings. The summed E-state index contributed by atoms with van der Waals surface area (Å²) in [6.07, 6.45) is 0.545. The van der Waals surface area contributed by atoms with Gasteiger partial charge in [-0.15, -0.1) is 0 Å². The summed E-state index contributed by atoms with van der Waals surface area (Å²) in [6, 6.07) is 8.24. The number of rotatable bonds is 6. The number of carbonyl (C=O) groups is 1. The number of anilines is 1. The van der Waals surface area contributed by atoms with Gasteiger partial charge in [0.2, 0.25) is 0 Å². The van der Waals surface area contributed by atoms with Crippen LogP contribution in [-0.2, 0) is 14.2 Å². The number of nitrogens with one attached hydrogen (secondary N) is 1. The highest BCUT2D eigenvalue weighted by atomic mass is 16.7. The summed E-state index contributed by atoms with van der Waals surface area (Å²) in [4.78, 5) is 13.2. The molecule has 1 aromatic carbocycles. The second-order valence-corrected chi connectivity index (χ2v) is 6.11. The highest BCUT2D eigenvalue weighted by Gasteiger charge is 2.30. The lowest BCUT2D eigenvalue weighted by Crippen LogP contribution is -2.32. The Morgan fingerprint density at radius 1 is 1.22 bits per heavy atom. The van der Waals surface area contributed by atoms with Gasteiger partial charge in [0.1, 0.15) is 6.61 Å². The standard InChI is InChI=1S/C17H24N2O4/c1-13(18-8-7-17(2)22-11-12-23-17)14-3-5-15(6-4-14)19-9-10-21-16(19)20/h3-6,13,18H,7-12H2,1-2H3/t13-/m0/s1. The molecule has 0 unspecified atom stereocenters. The van der Waals surface area contributed by atoms with Crippen LogP contribution in [0.3, 0.4) is 0 Å². The molecule has 3 rings (SSSR count). The van der Waals surface area contributed by atoms with E-state index >= 15 is 0 Å². The Kier molecular flexibility index (Phi) is 4.84. The molecular formula is C17H24N2O4. The topological polar surface area (TPSA) is 60.0 Å². The minimum atomic E-state index is -0.452. The van der Waals surface area contributed by atoms with Crippen LogP contribution in [0, 0.1) is 0 Å². The highest BCUT2D eigenvalue weighted by Crippen LogP contribution is 2.24. The van der Waals surface area contributed by atoms with Gasteiger partial charge in [0.05, 0.1) is 19.8 Å². The molecule has 0 aliphatic carbocycles. The summed E-state index contributed by atoms with van der Waals surface area (Å²) in [5.41, 5.74) is 2.06. The molecule has 23 heavy (non-hydrogen) atoms. The average Bonchev–Trinajstić information content (AvgIpc) is 3.16. The van der Waals surface area contributed by atoms with Crippen molar-refractivity contribution in [1.82, 2.24) is 5.32 Å². The van der Waals surface area contributed by atoms with E-state index in [1.165, 1.54) is 5.56 Å². The van der Waals surface area contributed by atoms with Crippen LogP contribution in [-0.4, -0.2) is 44.8 Å². The molecule has 2 aliphatic heterocycles. The van der Waals surface area contributed by atoms with Crippen LogP contribution >= 0.6 is 0 Å². The molecule has 0 radical (unpaired) electrons. The van der Waals surface area contributed by atoms with Gasteiger partial charge in [0, 0.05) is 24.7 Å². The lowest BCUT2D eigenvalue weighted by Gasteiger charge is -2.24. The number of hydrogen-bond donors (Lipinski definition) is 1. The molecule has 0 spiro atoms. The van der Waals surface area contributed by atoms with Crippen LogP contribution in [0.15, 0.2) is 24.3 Å². The number of carbonyl (C=O) groups excluding carboxylic acids is 1. The van der Waals surface area contributed by atoms with Gasteiger partial charge in [0.25, 0.3) is 0 Å². The lowest BCUT2D eigenvalue weighted by molar-refractivity contribution is -0.145. The first kappa shape index (κ1) is 16.2. The molecule has 2 saturated heterocycles. The molecule has 0 bridgehead atoms. The van der Waals surface area contributed by atoms with Gasteiger partial charge in [0.15, 0.2) is 5.79 Å². The fourth-order valence-corrected chi connectivity index (χ4v) is 2.91. The van der Waals surface area contributed by atoms with Gasteiger partial charge in [-0.05, 0) is 31.5 Å². The summed E-state index contributed by atoms with van der Waals surface area (Å²) in [6.45, 7) is 7.34. The molecule has 2 heterocycles. The van der Waals surface area contributed by atoms with E-state index in [0.29, 0.717) is 26.4 Å². The average molecular weight is 320 g/mol. The van der Waals surface area contributed by atoms with Crippen molar-refractivity contribution in [3.05, 3.63) is 29.8 Å². The smallest absolute Gasteiger partial charge is 0.414 e. The van der Waals surface area contributed by atoms with E-state index in [2.05, 4.69) is 12.2 Å². The lowest BCUT2D eigenvalue weighted by atomic mass is 10.1. The molecule has 2 aliphatic rings. The second kappa shape index (κ2) is 6.86. The van der Waals surface area contributed by atoms with Crippen molar-refractivity contribution in [3.63, 3.8) is 0 Å². The maximum Gasteiger partial charge on any atom is 0.414 e. The van der Waals surface area contributed by atoms with Gasteiger partial charge in [-0.2, -0.15) is 0 Å². The van der Waals surface area contributed by atoms with E-state index in [1.54, 1.807) is 4.90 Å². The Morgan fingerprint density at radius 3 is 2.52 bits per heavy atom. The van der Waals surface area contributed by atoms with Gasteiger partial charge in [-0.3, -0.25) is 4.90 Å². The zero-order chi connectivity index (χ0) is 16.3. The maximum absolute atomic E-state index is 11.6. The number of cyclic esters (lactones) is 1. The van der Waals surface area contributed by atoms with Crippen LogP contribution in [0.2, 0.25) is 0 Å². The highest BCUT2D eigenvalue weighted by molar-refractivity contribution is 5.89. The first-order chi connectivity index (χ1) is 11.1. The number of ether oxygens (including phenoxy) is 3. The quantitative estimate of drug-likeness (QED) is 0.872. The van der Waals surface area contributed by atoms with Crippen molar-refractivity contribution in [2.75, 3.05) is 37.8 Å². The van der Waals surface area contributed by atoms with Crippen LogP contribution in [0.1, 0.15) is 31.9 Å². The SMILES string of the molecule is C[C@H](NCCC1(C)OCCO1)c1ccc(N2CCOC2=O)cc1. The Hall–Kier alpha value is -1.63. The summed E-state index contributed by atoms with van der Waals surface area (Å²) in [7, 11) is 0. The molecule has 0 saturated carbocycles. The summed E-state index contributed by atoms with van der Waals surface area (Å²) >= 11 is 0. The zero-order valence-electron chi connectivity index (χ0n) is 13.7. The predicted octanol–water partition coefficient (Wildman–Crippen LogP) is 2.45. The third-order valence-corrected chi connectivity index (χ3v) is 4.39. The number of amides is 1. The molecule has 126 valence electrons. The van der Waals surface area contributed by atoms with Crippen LogP contribution in [0.4, 0.5) is 10.5 Å².